The molecule has 2 heterocycles. The van der Waals surface area contributed by atoms with Crippen molar-refractivity contribution in [2.75, 3.05) is 34.5 Å². The molecule has 0 aromatic carbocycles. The van der Waals surface area contributed by atoms with Crippen molar-refractivity contribution in [1.82, 2.24) is 9.88 Å². The smallest absolute Gasteiger partial charge is 0.410 e. The van der Waals surface area contributed by atoms with Crippen LogP contribution in [0.3, 0.4) is 0 Å². The average molecular weight is 403 g/mol. The van der Waals surface area contributed by atoms with Gasteiger partial charge in [0, 0.05) is 26.7 Å². The maximum Gasteiger partial charge on any atom is 0.410 e. The van der Waals surface area contributed by atoms with Crippen molar-refractivity contribution in [3.63, 3.8) is 0 Å². The second-order valence-corrected chi connectivity index (χ2v) is 7.64. The van der Waals surface area contributed by atoms with Gasteiger partial charge in [0.15, 0.2) is 5.79 Å². The molecule has 152 valence electrons. The predicted molar refractivity (Wildman–Crippen MR) is 99.4 cm³/mol. The van der Waals surface area contributed by atoms with Crippen molar-refractivity contribution in [2.45, 2.75) is 44.6 Å². The number of amides is 1. The predicted octanol–water partition coefficient (Wildman–Crippen LogP) is 3.12. The number of carbonyl (C=O) groups excluding carboxylic acids is 1. The van der Waals surface area contributed by atoms with Gasteiger partial charge in [-0.1, -0.05) is 11.6 Å². The van der Waals surface area contributed by atoms with E-state index in [0.29, 0.717) is 17.3 Å². The number of rotatable bonds is 6. The molecule has 0 radical (unpaired) electrons. The molecule has 1 fully saturated rings. The molecule has 8 nitrogen and oxygen atoms in total. The molecule has 0 saturated carbocycles. The van der Waals surface area contributed by atoms with Gasteiger partial charge in [-0.15, -0.1) is 0 Å². The van der Waals surface area contributed by atoms with Gasteiger partial charge in [0.25, 0.3) is 0 Å². The van der Waals surface area contributed by atoms with Gasteiger partial charge in [0.1, 0.15) is 17.2 Å². The highest BCUT2D eigenvalue weighted by Gasteiger charge is 2.48. The quantitative estimate of drug-likeness (QED) is 0.676. The molecule has 1 aromatic heterocycles. The third-order valence-electron chi connectivity index (χ3n) is 4.18. The number of likely N-dealkylation sites (tertiary alicyclic amines) is 1. The number of hydrogen-bond acceptors (Lipinski definition) is 7. The number of hydrogen-bond donors (Lipinski definition) is 0. The number of ether oxygens (including phenoxy) is 5. The lowest BCUT2D eigenvalue weighted by molar-refractivity contribution is -0.195. The van der Waals surface area contributed by atoms with Crippen LogP contribution in [0.2, 0.25) is 5.02 Å². The Bertz CT molecular complexity index is 660. The van der Waals surface area contributed by atoms with E-state index >= 15 is 0 Å². The first-order valence-corrected chi connectivity index (χ1v) is 8.94. The Balaban J connectivity index is 2.16. The lowest BCUT2D eigenvalue weighted by Gasteiger charge is -2.29. The Morgan fingerprint density at radius 3 is 2.52 bits per heavy atom. The summed E-state index contributed by atoms with van der Waals surface area (Å²) in [5.74, 6) is -0.309. The first kappa shape index (κ1) is 21.5. The lowest BCUT2D eigenvalue weighted by atomic mass is 10.1. The van der Waals surface area contributed by atoms with Gasteiger partial charge in [-0.3, -0.25) is 4.90 Å². The molecule has 1 amide bonds. The number of nitrogens with zero attached hydrogens (tertiary/aromatic N) is 2. The van der Waals surface area contributed by atoms with Crippen LogP contribution < -0.4 is 9.47 Å². The second kappa shape index (κ2) is 8.50. The van der Waals surface area contributed by atoms with Crippen LogP contribution in [0.1, 0.15) is 27.2 Å². The summed E-state index contributed by atoms with van der Waals surface area (Å²) in [7, 11) is 4.59. The van der Waals surface area contributed by atoms with Crippen LogP contribution in [0.15, 0.2) is 12.1 Å². The van der Waals surface area contributed by atoms with E-state index in [2.05, 4.69) is 4.98 Å². The zero-order chi connectivity index (χ0) is 20.2. The van der Waals surface area contributed by atoms with E-state index in [1.807, 2.05) is 20.8 Å². The Labute approximate surface area is 164 Å². The monoisotopic (exact) mass is 402 g/mol. The second-order valence-electron chi connectivity index (χ2n) is 7.24. The van der Waals surface area contributed by atoms with Crippen LogP contribution in [-0.4, -0.2) is 67.9 Å². The van der Waals surface area contributed by atoms with E-state index in [1.165, 1.54) is 7.11 Å². The fourth-order valence-electron chi connectivity index (χ4n) is 2.78. The Morgan fingerprint density at radius 2 is 1.96 bits per heavy atom. The third-order valence-corrected chi connectivity index (χ3v) is 4.47. The molecule has 0 bridgehead atoms. The summed E-state index contributed by atoms with van der Waals surface area (Å²) in [6, 6.07) is 2.93. The van der Waals surface area contributed by atoms with E-state index in [1.54, 1.807) is 31.3 Å². The van der Waals surface area contributed by atoms with Crippen molar-refractivity contribution in [2.24, 2.45) is 0 Å². The maximum absolute atomic E-state index is 12.6. The normalized spacial score (nSPS) is 19.1. The number of halogens is 1. The van der Waals surface area contributed by atoms with E-state index in [-0.39, 0.29) is 25.1 Å². The Hall–Kier alpha value is -1.77. The molecule has 1 aliphatic heterocycles. The summed E-state index contributed by atoms with van der Waals surface area (Å²) < 4.78 is 27.4. The molecule has 2 rings (SSSR count). The topological polar surface area (TPSA) is 79.4 Å². The highest BCUT2D eigenvalue weighted by molar-refractivity contribution is 6.31. The van der Waals surface area contributed by atoms with E-state index in [9.17, 15) is 4.79 Å². The molecule has 0 spiro atoms. The van der Waals surface area contributed by atoms with Crippen LogP contribution in [0, 0.1) is 0 Å². The van der Waals surface area contributed by atoms with Crippen LogP contribution in [0.25, 0.3) is 0 Å². The number of aromatic nitrogens is 1. The molecule has 27 heavy (non-hydrogen) atoms. The van der Waals surface area contributed by atoms with E-state index in [4.69, 9.17) is 35.3 Å². The Morgan fingerprint density at radius 1 is 1.30 bits per heavy atom. The molecule has 1 aliphatic rings. The van der Waals surface area contributed by atoms with Gasteiger partial charge >= 0.3 is 6.09 Å². The van der Waals surface area contributed by atoms with Gasteiger partial charge in [-0.25, -0.2) is 4.79 Å². The minimum absolute atomic E-state index is 0.146. The summed E-state index contributed by atoms with van der Waals surface area (Å²) in [5, 5.41) is 0.349. The summed E-state index contributed by atoms with van der Waals surface area (Å²) in [5.41, 5.74) is -0.620. The van der Waals surface area contributed by atoms with Gasteiger partial charge in [-0.05, 0) is 26.8 Å². The molecule has 1 atom stereocenters. The minimum Gasteiger partial charge on any atom is -0.481 e. The molecular formula is C18H27ClN2O6. The largest absolute Gasteiger partial charge is 0.481 e. The number of methoxy groups -OCH3 is 3. The van der Waals surface area contributed by atoms with Crippen molar-refractivity contribution >= 4 is 17.7 Å². The van der Waals surface area contributed by atoms with Crippen molar-refractivity contribution in [3.05, 3.63) is 17.2 Å². The van der Waals surface area contributed by atoms with E-state index < -0.39 is 17.5 Å². The zero-order valence-electron chi connectivity index (χ0n) is 16.6. The summed E-state index contributed by atoms with van der Waals surface area (Å²) in [6.07, 6.45) is -0.0438. The fourth-order valence-corrected chi connectivity index (χ4v) is 2.94. The van der Waals surface area contributed by atoms with Crippen LogP contribution in [0.5, 0.6) is 11.8 Å². The van der Waals surface area contributed by atoms with Crippen LogP contribution >= 0.6 is 11.6 Å². The molecule has 0 aliphatic carbocycles. The summed E-state index contributed by atoms with van der Waals surface area (Å²) in [6.45, 7) is 5.81. The van der Waals surface area contributed by atoms with Crippen LogP contribution in [0.4, 0.5) is 4.79 Å². The molecule has 0 N–H and O–H groups in total. The average Bonchev–Trinajstić information content (AvgIpc) is 2.99. The van der Waals surface area contributed by atoms with E-state index in [0.717, 1.165) is 0 Å². The SMILES string of the molecule is COc1ccc(Cl)c(OC[C@H]2CC(OC)(OC)CN2C(=O)OC(C)(C)C)n1. The molecular weight excluding hydrogens is 376 g/mol. The van der Waals surface area contributed by atoms with Crippen LogP contribution in [-0.2, 0) is 14.2 Å². The number of carbonyl (C=O) groups is 1. The van der Waals surface area contributed by atoms with Gasteiger partial charge < -0.3 is 23.7 Å². The molecule has 9 heteroatoms. The zero-order valence-corrected chi connectivity index (χ0v) is 17.3. The molecule has 0 unspecified atom stereocenters. The summed E-state index contributed by atoms with van der Waals surface area (Å²) >= 11 is 6.14. The standard InChI is InChI=1S/C18H27ClN2O6/c1-17(2,3)27-16(22)21-11-18(24-5,25-6)9-12(21)10-26-15-13(19)7-8-14(20-15)23-4/h7-8,12H,9-11H2,1-6H3/t12-/m1/s1. The summed E-state index contributed by atoms with van der Waals surface area (Å²) in [4.78, 5) is 18.4. The van der Waals surface area contributed by atoms with Crippen molar-refractivity contribution in [3.8, 4) is 11.8 Å². The Kier molecular flexibility index (Phi) is 6.77. The fraction of sp³-hybridized carbons (Fsp3) is 0.667. The van der Waals surface area contributed by atoms with Crippen molar-refractivity contribution < 1.29 is 28.5 Å². The van der Waals surface area contributed by atoms with Crippen molar-refractivity contribution in [1.29, 1.82) is 0 Å². The minimum atomic E-state index is -0.920. The van der Waals surface area contributed by atoms with Gasteiger partial charge in [0.2, 0.25) is 11.8 Å². The number of pyridine rings is 1. The highest BCUT2D eigenvalue weighted by atomic mass is 35.5. The van der Waals surface area contributed by atoms with Gasteiger partial charge in [0.05, 0.1) is 19.7 Å². The highest BCUT2D eigenvalue weighted by Crippen LogP contribution is 2.33. The molecule has 1 aromatic rings. The first-order valence-electron chi connectivity index (χ1n) is 8.56. The maximum atomic E-state index is 12.6. The third kappa shape index (κ3) is 5.37. The molecule has 1 saturated heterocycles. The van der Waals surface area contributed by atoms with Gasteiger partial charge in [-0.2, -0.15) is 4.98 Å². The first-order chi connectivity index (χ1) is 12.6. The lowest BCUT2D eigenvalue weighted by Crippen LogP contribution is -2.44.